The third kappa shape index (κ3) is 3.34. The van der Waals surface area contributed by atoms with Crippen LogP contribution in [0, 0.1) is 0 Å². The van der Waals surface area contributed by atoms with Gasteiger partial charge in [0.1, 0.15) is 6.10 Å². The monoisotopic (exact) mass is 416 g/mol. The van der Waals surface area contributed by atoms with Crippen LogP contribution in [0.25, 0.3) is 10.9 Å². The van der Waals surface area contributed by atoms with Crippen LogP contribution in [-0.2, 0) is 0 Å². The summed E-state index contributed by atoms with van der Waals surface area (Å²) in [6.07, 6.45) is -0.0523. The Labute approximate surface area is 158 Å². The summed E-state index contributed by atoms with van der Waals surface area (Å²) in [5, 5.41) is 1.53. The first-order valence-electron chi connectivity index (χ1n) is 7.87. The number of hydrogen-bond acceptors (Lipinski definition) is 3. The van der Waals surface area contributed by atoms with Gasteiger partial charge in [-0.05, 0) is 30.3 Å². The molecule has 3 aromatic rings. The number of pyridine rings is 1. The van der Waals surface area contributed by atoms with E-state index in [9.17, 15) is 4.79 Å². The highest BCUT2D eigenvalue weighted by molar-refractivity contribution is 9.10. The van der Waals surface area contributed by atoms with E-state index in [4.69, 9.17) is 16.3 Å². The molecule has 0 atom stereocenters. The number of aromatic nitrogens is 1. The van der Waals surface area contributed by atoms with Gasteiger partial charge in [0, 0.05) is 15.9 Å². The lowest BCUT2D eigenvalue weighted by atomic mass is 10.1. The lowest BCUT2D eigenvalue weighted by Gasteiger charge is -2.38. The fraction of sp³-hybridized carbons (Fsp3) is 0.158. The number of ether oxygens (including phenoxy) is 1. The van der Waals surface area contributed by atoms with Crippen LogP contribution in [0.2, 0.25) is 5.02 Å². The number of halogens is 2. The number of benzene rings is 2. The second-order valence-corrected chi connectivity index (χ2v) is 7.24. The fourth-order valence-electron chi connectivity index (χ4n) is 2.79. The van der Waals surface area contributed by atoms with E-state index < -0.39 is 0 Å². The van der Waals surface area contributed by atoms with Crippen molar-refractivity contribution < 1.29 is 9.53 Å². The zero-order valence-corrected chi connectivity index (χ0v) is 15.5. The van der Waals surface area contributed by atoms with Crippen molar-refractivity contribution in [2.24, 2.45) is 0 Å². The van der Waals surface area contributed by atoms with Crippen molar-refractivity contribution in [1.82, 2.24) is 9.88 Å². The van der Waals surface area contributed by atoms with E-state index in [0.29, 0.717) is 29.6 Å². The smallest absolute Gasteiger partial charge is 0.255 e. The van der Waals surface area contributed by atoms with Crippen molar-refractivity contribution in [2.75, 3.05) is 13.1 Å². The van der Waals surface area contributed by atoms with Gasteiger partial charge in [-0.25, -0.2) is 4.98 Å². The maximum atomic E-state index is 12.5. The van der Waals surface area contributed by atoms with Gasteiger partial charge in [0.2, 0.25) is 5.88 Å². The third-order valence-electron chi connectivity index (χ3n) is 4.15. The summed E-state index contributed by atoms with van der Waals surface area (Å²) in [5.41, 5.74) is 1.39. The number of rotatable bonds is 3. The zero-order chi connectivity index (χ0) is 17.4. The van der Waals surface area contributed by atoms with Crippen molar-refractivity contribution in [2.45, 2.75) is 6.10 Å². The molecule has 0 saturated carbocycles. The molecule has 2 aromatic carbocycles. The molecule has 4 rings (SSSR count). The summed E-state index contributed by atoms with van der Waals surface area (Å²) < 4.78 is 6.71. The topological polar surface area (TPSA) is 42.4 Å². The van der Waals surface area contributed by atoms with Gasteiger partial charge in [-0.2, -0.15) is 0 Å². The van der Waals surface area contributed by atoms with Gasteiger partial charge in [-0.1, -0.05) is 45.7 Å². The van der Waals surface area contributed by atoms with E-state index in [1.807, 2.05) is 42.5 Å². The van der Waals surface area contributed by atoms with Gasteiger partial charge in [-0.3, -0.25) is 4.79 Å². The summed E-state index contributed by atoms with van der Waals surface area (Å²) in [6.45, 7) is 1.05. The van der Waals surface area contributed by atoms with E-state index in [2.05, 4.69) is 20.9 Å². The van der Waals surface area contributed by atoms with E-state index in [1.165, 1.54) is 0 Å². The average Bonchev–Trinajstić information content (AvgIpc) is 2.59. The number of para-hydroxylation sites is 1. The molecule has 6 heteroatoms. The normalized spacial score (nSPS) is 14.4. The summed E-state index contributed by atoms with van der Waals surface area (Å²) in [7, 11) is 0. The molecular formula is C19H14BrClN2O2. The van der Waals surface area contributed by atoms with Gasteiger partial charge < -0.3 is 9.64 Å². The maximum Gasteiger partial charge on any atom is 0.255 e. The van der Waals surface area contributed by atoms with Gasteiger partial charge >= 0.3 is 0 Å². The van der Waals surface area contributed by atoms with Crippen LogP contribution in [0.4, 0.5) is 0 Å². The number of hydrogen-bond donors (Lipinski definition) is 0. The SMILES string of the molecule is O=C(c1cc(Br)ccc1Cl)N1CC(Oc2ccc3ccccc3n2)C1. The molecule has 1 aromatic heterocycles. The van der Waals surface area contributed by atoms with E-state index in [-0.39, 0.29) is 12.0 Å². The molecule has 25 heavy (non-hydrogen) atoms. The average molecular weight is 418 g/mol. The molecule has 0 unspecified atom stereocenters. The van der Waals surface area contributed by atoms with Gasteiger partial charge in [0.15, 0.2) is 0 Å². The molecule has 1 aliphatic heterocycles. The maximum absolute atomic E-state index is 12.5. The number of nitrogens with zero attached hydrogens (tertiary/aromatic N) is 2. The van der Waals surface area contributed by atoms with Crippen molar-refractivity contribution in [3.8, 4) is 5.88 Å². The molecule has 0 N–H and O–H groups in total. The molecule has 1 aliphatic rings. The van der Waals surface area contributed by atoms with Crippen LogP contribution in [0.15, 0.2) is 59.1 Å². The predicted octanol–water partition coefficient (Wildman–Crippen LogP) is 4.55. The Hall–Kier alpha value is -2.11. The Kier molecular flexibility index (Phi) is 4.36. The van der Waals surface area contributed by atoms with Crippen LogP contribution >= 0.6 is 27.5 Å². The minimum absolute atomic E-state index is 0.0523. The second kappa shape index (κ2) is 6.65. The van der Waals surface area contributed by atoms with Gasteiger partial charge in [0.25, 0.3) is 5.91 Å². The van der Waals surface area contributed by atoms with Crippen LogP contribution in [0.1, 0.15) is 10.4 Å². The Bertz CT molecular complexity index is 957. The lowest BCUT2D eigenvalue weighted by Crippen LogP contribution is -2.56. The third-order valence-corrected chi connectivity index (χ3v) is 4.98. The van der Waals surface area contributed by atoms with Crippen molar-refractivity contribution in [3.63, 3.8) is 0 Å². The quantitative estimate of drug-likeness (QED) is 0.628. The highest BCUT2D eigenvalue weighted by Gasteiger charge is 2.33. The molecule has 1 amide bonds. The summed E-state index contributed by atoms with van der Waals surface area (Å²) >= 11 is 9.50. The molecule has 1 fully saturated rings. The first-order chi connectivity index (χ1) is 12.1. The number of fused-ring (bicyclic) bond motifs is 1. The molecule has 0 bridgehead atoms. The number of likely N-dealkylation sites (tertiary alicyclic amines) is 1. The largest absolute Gasteiger partial charge is 0.471 e. The Morgan fingerprint density at radius 3 is 2.80 bits per heavy atom. The molecule has 0 radical (unpaired) electrons. The van der Waals surface area contributed by atoms with E-state index in [0.717, 1.165) is 15.4 Å². The molecule has 2 heterocycles. The van der Waals surface area contributed by atoms with Crippen molar-refractivity contribution in [1.29, 1.82) is 0 Å². The van der Waals surface area contributed by atoms with E-state index in [1.54, 1.807) is 17.0 Å². The molecule has 1 saturated heterocycles. The highest BCUT2D eigenvalue weighted by Crippen LogP contribution is 2.26. The zero-order valence-electron chi connectivity index (χ0n) is 13.2. The molecular weight excluding hydrogens is 404 g/mol. The lowest BCUT2D eigenvalue weighted by molar-refractivity contribution is 0.0161. The number of amides is 1. The Balaban J connectivity index is 1.41. The van der Waals surface area contributed by atoms with Crippen LogP contribution < -0.4 is 4.74 Å². The first kappa shape index (κ1) is 16.4. The summed E-state index contributed by atoms with van der Waals surface area (Å²) in [4.78, 5) is 18.7. The van der Waals surface area contributed by atoms with Gasteiger partial charge in [0.05, 0.1) is 29.2 Å². The standard InChI is InChI=1S/C19H14BrClN2O2/c20-13-6-7-16(21)15(9-13)19(24)23-10-14(11-23)25-18-8-5-12-3-1-2-4-17(12)22-18/h1-9,14H,10-11H2. The van der Waals surface area contributed by atoms with Gasteiger partial charge in [-0.15, -0.1) is 0 Å². The first-order valence-corrected chi connectivity index (χ1v) is 9.04. The van der Waals surface area contributed by atoms with Crippen molar-refractivity contribution in [3.05, 3.63) is 69.7 Å². The van der Waals surface area contributed by atoms with E-state index >= 15 is 0 Å². The summed E-state index contributed by atoms with van der Waals surface area (Å²) in [6, 6.07) is 17.0. The van der Waals surface area contributed by atoms with Crippen LogP contribution in [-0.4, -0.2) is 35.0 Å². The van der Waals surface area contributed by atoms with Crippen LogP contribution in [0.5, 0.6) is 5.88 Å². The minimum Gasteiger partial charge on any atom is -0.471 e. The minimum atomic E-state index is -0.0855. The predicted molar refractivity (Wildman–Crippen MR) is 101 cm³/mol. The van der Waals surface area contributed by atoms with Crippen molar-refractivity contribution >= 4 is 44.3 Å². The molecule has 4 nitrogen and oxygen atoms in total. The molecule has 126 valence electrons. The fourth-order valence-corrected chi connectivity index (χ4v) is 3.35. The summed E-state index contributed by atoms with van der Waals surface area (Å²) in [5.74, 6) is 0.494. The van der Waals surface area contributed by atoms with Crippen LogP contribution in [0.3, 0.4) is 0 Å². The number of carbonyl (C=O) groups excluding carboxylic acids is 1. The Morgan fingerprint density at radius 2 is 1.96 bits per heavy atom. The molecule has 0 aliphatic carbocycles. The second-order valence-electron chi connectivity index (χ2n) is 5.92. The molecule has 0 spiro atoms. The Morgan fingerprint density at radius 1 is 1.16 bits per heavy atom. The highest BCUT2D eigenvalue weighted by atomic mass is 79.9. The number of carbonyl (C=O) groups is 1.